The van der Waals surface area contributed by atoms with E-state index >= 15 is 0 Å². The zero-order valence-electron chi connectivity index (χ0n) is 24.1. The number of hydrogen-bond acceptors (Lipinski definition) is 7. The number of hydrogen-bond donors (Lipinski definition) is 1. The monoisotopic (exact) mass is 592 g/mol. The van der Waals surface area contributed by atoms with E-state index in [9.17, 15) is 27.6 Å². The maximum Gasteiger partial charge on any atom is 0.491 e. The lowest BCUT2D eigenvalue weighted by atomic mass is 9.66. The number of carbonyl (C=O) groups excluding carboxylic acids is 2. The molecule has 0 spiro atoms. The molecule has 1 atom stereocenters. The zero-order chi connectivity index (χ0) is 31.1. The highest BCUT2D eigenvalue weighted by Crippen LogP contribution is 2.43. The number of aryl methyl sites for hydroxylation is 1. The molecule has 1 aliphatic rings. The Kier molecular flexibility index (Phi) is 7.81. The number of halogens is 3. The Hall–Kier alpha value is -4.60. The number of nitrogens with one attached hydrogen (secondary N) is 1. The molecule has 0 radical (unpaired) electrons. The first-order valence-corrected chi connectivity index (χ1v) is 13.9. The van der Waals surface area contributed by atoms with Gasteiger partial charge in [-0.3, -0.25) is 4.79 Å². The highest BCUT2D eigenvalue weighted by atomic mass is 19.4. The van der Waals surface area contributed by atoms with Gasteiger partial charge >= 0.3 is 18.1 Å². The summed E-state index contributed by atoms with van der Waals surface area (Å²) in [6.07, 6.45) is -5.31. The summed E-state index contributed by atoms with van der Waals surface area (Å²) >= 11 is 0. The van der Waals surface area contributed by atoms with Gasteiger partial charge in [-0.05, 0) is 49.1 Å². The molecule has 1 aromatic heterocycles. The summed E-state index contributed by atoms with van der Waals surface area (Å²) in [4.78, 5) is 39.1. The van der Waals surface area contributed by atoms with Crippen molar-refractivity contribution in [1.82, 2.24) is 0 Å². The van der Waals surface area contributed by atoms with E-state index in [1.54, 1.807) is 19.1 Å². The van der Waals surface area contributed by atoms with Crippen molar-refractivity contribution < 1.29 is 31.9 Å². The fourth-order valence-corrected chi connectivity index (χ4v) is 5.64. The van der Waals surface area contributed by atoms with Gasteiger partial charge in [-0.15, -0.1) is 0 Å². The third kappa shape index (κ3) is 5.74. The molecule has 0 saturated carbocycles. The summed E-state index contributed by atoms with van der Waals surface area (Å²) in [6, 6.07) is 20.6. The van der Waals surface area contributed by atoms with Gasteiger partial charge in [0.25, 0.3) is 0 Å². The highest BCUT2D eigenvalue weighted by Gasteiger charge is 2.47. The van der Waals surface area contributed by atoms with Gasteiger partial charge in [0.05, 0.1) is 17.0 Å². The van der Waals surface area contributed by atoms with Gasteiger partial charge in [0.1, 0.15) is 5.58 Å². The van der Waals surface area contributed by atoms with Gasteiger partial charge in [-0.2, -0.15) is 13.2 Å². The SMILES string of the molecule is Cc1cc(C(C)Nc2ccccc2C(=O)OC(=O)C(F)(F)F)c2oc(N3CC(c4ccccc4)(C(C)C)C3)cc(=O)c2c1. The molecule has 1 unspecified atom stereocenters. The van der Waals surface area contributed by atoms with Gasteiger partial charge in [0, 0.05) is 35.8 Å². The molecule has 43 heavy (non-hydrogen) atoms. The van der Waals surface area contributed by atoms with Crippen molar-refractivity contribution >= 4 is 34.5 Å². The number of benzene rings is 3. The van der Waals surface area contributed by atoms with Gasteiger partial charge in [0.2, 0.25) is 0 Å². The number of para-hydroxylation sites is 1. The molecule has 0 bridgehead atoms. The third-order valence-electron chi connectivity index (χ3n) is 8.10. The zero-order valence-corrected chi connectivity index (χ0v) is 24.1. The van der Waals surface area contributed by atoms with E-state index in [0.717, 1.165) is 5.56 Å². The van der Waals surface area contributed by atoms with Crippen molar-refractivity contribution in [2.75, 3.05) is 23.3 Å². The summed E-state index contributed by atoms with van der Waals surface area (Å²) < 4.78 is 48.5. The first-order chi connectivity index (χ1) is 20.3. The quantitative estimate of drug-likeness (QED) is 0.184. The molecule has 3 aromatic carbocycles. The van der Waals surface area contributed by atoms with Crippen LogP contribution in [0.2, 0.25) is 0 Å². The van der Waals surface area contributed by atoms with E-state index in [0.29, 0.717) is 41.4 Å². The molecular weight excluding hydrogens is 561 g/mol. The van der Waals surface area contributed by atoms with Crippen LogP contribution in [0.25, 0.3) is 11.0 Å². The van der Waals surface area contributed by atoms with E-state index in [1.807, 2.05) is 36.1 Å². The number of anilines is 2. The van der Waals surface area contributed by atoms with Crippen molar-refractivity contribution in [2.24, 2.45) is 5.92 Å². The highest BCUT2D eigenvalue weighted by molar-refractivity contribution is 6.02. The van der Waals surface area contributed by atoms with E-state index in [1.165, 1.54) is 29.8 Å². The van der Waals surface area contributed by atoms with Crippen molar-refractivity contribution in [3.05, 3.63) is 105 Å². The van der Waals surface area contributed by atoms with Crippen LogP contribution in [0.4, 0.5) is 24.7 Å². The summed E-state index contributed by atoms with van der Waals surface area (Å²) in [5.41, 5.74) is 2.60. The molecule has 2 heterocycles. The number of ether oxygens (including phenoxy) is 1. The predicted octanol–water partition coefficient (Wildman–Crippen LogP) is 6.93. The maximum absolute atomic E-state index is 13.3. The molecule has 224 valence electrons. The Labute approximate surface area is 246 Å². The summed E-state index contributed by atoms with van der Waals surface area (Å²) in [5, 5.41) is 3.50. The van der Waals surface area contributed by atoms with E-state index < -0.39 is 24.2 Å². The minimum absolute atomic E-state index is 0.0917. The Morgan fingerprint density at radius 2 is 1.63 bits per heavy atom. The van der Waals surface area contributed by atoms with Crippen LogP contribution in [0.1, 0.15) is 53.9 Å². The molecule has 0 amide bonds. The lowest BCUT2D eigenvalue weighted by molar-refractivity contribution is -0.193. The Morgan fingerprint density at radius 3 is 2.28 bits per heavy atom. The van der Waals surface area contributed by atoms with Crippen LogP contribution in [-0.4, -0.2) is 31.2 Å². The molecule has 1 aliphatic heterocycles. The summed E-state index contributed by atoms with van der Waals surface area (Å²) in [6.45, 7) is 9.31. The topological polar surface area (TPSA) is 88.8 Å². The average Bonchev–Trinajstić information content (AvgIpc) is 2.92. The molecule has 1 fully saturated rings. The van der Waals surface area contributed by atoms with E-state index in [-0.39, 0.29) is 22.1 Å². The van der Waals surface area contributed by atoms with Gasteiger partial charge < -0.3 is 19.4 Å². The summed E-state index contributed by atoms with van der Waals surface area (Å²) in [5.74, 6) is -3.25. The Bertz CT molecular complexity index is 1740. The van der Waals surface area contributed by atoms with Crippen LogP contribution in [-0.2, 0) is 14.9 Å². The van der Waals surface area contributed by atoms with Crippen molar-refractivity contribution in [1.29, 1.82) is 0 Å². The van der Waals surface area contributed by atoms with Crippen LogP contribution < -0.4 is 15.6 Å². The molecule has 1 saturated heterocycles. The first kappa shape index (κ1) is 29.9. The molecular formula is C33H31F3N2O5. The van der Waals surface area contributed by atoms with Crippen molar-refractivity contribution in [2.45, 2.75) is 45.3 Å². The fraction of sp³-hybridized carbons (Fsp3) is 0.303. The van der Waals surface area contributed by atoms with Gasteiger partial charge in [-0.25, -0.2) is 9.59 Å². The third-order valence-corrected chi connectivity index (χ3v) is 8.10. The number of nitrogens with zero attached hydrogens (tertiary/aromatic N) is 1. The second-order valence-corrected chi connectivity index (χ2v) is 11.3. The summed E-state index contributed by atoms with van der Waals surface area (Å²) in [7, 11) is 0. The number of esters is 2. The lowest BCUT2D eigenvalue weighted by Gasteiger charge is -2.53. The second kappa shape index (κ2) is 11.2. The molecule has 10 heteroatoms. The van der Waals surface area contributed by atoms with E-state index in [4.69, 9.17) is 4.42 Å². The van der Waals surface area contributed by atoms with Crippen molar-refractivity contribution in [3.8, 4) is 0 Å². The van der Waals surface area contributed by atoms with Crippen LogP contribution >= 0.6 is 0 Å². The largest absolute Gasteiger partial charge is 0.491 e. The Balaban J connectivity index is 1.46. The normalized spacial score (nSPS) is 15.2. The lowest BCUT2D eigenvalue weighted by Crippen LogP contribution is -2.62. The smallest absolute Gasteiger partial charge is 0.440 e. The molecule has 4 aromatic rings. The van der Waals surface area contributed by atoms with Crippen LogP contribution in [0, 0.1) is 12.8 Å². The fourth-order valence-electron chi connectivity index (χ4n) is 5.64. The molecule has 5 rings (SSSR count). The number of alkyl halides is 3. The number of carbonyl (C=O) groups is 2. The second-order valence-electron chi connectivity index (χ2n) is 11.3. The van der Waals surface area contributed by atoms with Crippen LogP contribution in [0.3, 0.4) is 0 Å². The number of rotatable bonds is 7. The maximum atomic E-state index is 13.3. The average molecular weight is 593 g/mol. The number of fused-ring (bicyclic) bond motifs is 1. The van der Waals surface area contributed by atoms with Crippen LogP contribution in [0.15, 0.2) is 82.0 Å². The van der Waals surface area contributed by atoms with Gasteiger partial charge in [-0.1, -0.05) is 62.4 Å². The minimum atomic E-state index is -5.31. The standard InChI is InChI=1S/C33H31F3N2O5/c1-19(2)32(22-10-6-5-7-11-22)17-38(18-32)28-16-27(39)25-15-20(3)14-24(29(25)42-28)21(4)37-26-13-9-8-12-23(26)30(40)43-31(41)33(34,35)36/h5-16,19,21,37H,17-18H2,1-4H3. The van der Waals surface area contributed by atoms with E-state index in [2.05, 4.69) is 36.0 Å². The first-order valence-electron chi connectivity index (χ1n) is 13.9. The molecule has 7 nitrogen and oxygen atoms in total. The van der Waals surface area contributed by atoms with Crippen molar-refractivity contribution in [3.63, 3.8) is 0 Å². The minimum Gasteiger partial charge on any atom is -0.440 e. The van der Waals surface area contributed by atoms with Crippen LogP contribution in [0.5, 0.6) is 0 Å². The Morgan fingerprint density at radius 1 is 0.977 bits per heavy atom. The predicted molar refractivity (Wildman–Crippen MR) is 157 cm³/mol. The molecule has 1 N–H and O–H groups in total. The van der Waals surface area contributed by atoms with Gasteiger partial charge in [0.15, 0.2) is 11.3 Å². The molecule has 0 aliphatic carbocycles.